The van der Waals surface area contributed by atoms with Gasteiger partial charge >= 0.3 is 41.7 Å². The van der Waals surface area contributed by atoms with E-state index in [4.69, 9.17) is 0 Å². The Morgan fingerprint density at radius 2 is 1.00 bits per heavy atom. The van der Waals surface area contributed by atoms with Crippen molar-refractivity contribution in [3.8, 4) is 0 Å². The molecule has 1 unspecified atom stereocenters. The molecule has 0 bridgehead atoms. The van der Waals surface area contributed by atoms with Gasteiger partial charge in [0.2, 0.25) is 0 Å². The molecule has 0 N–H and O–H groups in total. The average Bonchev–Trinajstić information content (AvgIpc) is 2.84. The van der Waals surface area contributed by atoms with Crippen LogP contribution < -0.4 is 0 Å². The van der Waals surface area contributed by atoms with Gasteiger partial charge in [0.05, 0.1) is 0 Å². The van der Waals surface area contributed by atoms with Crippen LogP contribution in [-0.2, 0) is 9.59 Å². The topological polar surface area (TPSA) is 37.4 Å². The maximum absolute atomic E-state index is 13.8. The predicted octanol–water partition coefficient (Wildman–Crippen LogP) is 4.97. The second-order valence-corrected chi connectivity index (χ2v) is 6.17. The molecule has 0 saturated heterocycles. The van der Waals surface area contributed by atoms with Crippen molar-refractivity contribution >= 4 is 11.8 Å². The Balaban J connectivity index is 3.59. The Hall–Kier alpha value is -2.24. The molecule has 0 aromatic heterocycles. The van der Waals surface area contributed by atoms with Crippen LogP contribution in [0.4, 0.5) is 70.2 Å². The van der Waals surface area contributed by atoms with Crippen LogP contribution in [0.3, 0.4) is 0 Å². The zero-order valence-corrected chi connectivity index (χ0v) is 14.5. The lowest BCUT2D eigenvalue weighted by atomic mass is 9.90. The number of hydrogen-bond donors (Lipinski definition) is 0. The number of halogens is 16. The number of alkyl halides is 16. The highest BCUT2D eigenvalue weighted by atomic mass is 19.4. The molecular weight excluding hydrogens is 506 g/mol. The highest BCUT2D eigenvalue weighted by Gasteiger charge is 2.94. The lowest BCUT2D eigenvalue weighted by molar-refractivity contribution is -0.455. The van der Waals surface area contributed by atoms with Gasteiger partial charge in [-0.3, -0.25) is 9.59 Å². The number of nitrogens with zero attached hydrogens (tertiary/aromatic N) is 1. The fourth-order valence-corrected chi connectivity index (χ4v) is 2.11. The number of carbonyl (C=O) groups is 2. The molecule has 0 aromatic rings. The van der Waals surface area contributed by atoms with E-state index in [1.54, 1.807) is 0 Å². The van der Waals surface area contributed by atoms with Gasteiger partial charge in [-0.25, -0.2) is 9.29 Å². The molecule has 0 spiro atoms. The van der Waals surface area contributed by atoms with Crippen LogP contribution in [0.5, 0.6) is 0 Å². The van der Waals surface area contributed by atoms with E-state index in [0.717, 1.165) is 0 Å². The van der Waals surface area contributed by atoms with Crippen molar-refractivity contribution in [2.24, 2.45) is 0 Å². The number of amides is 2. The zero-order valence-electron chi connectivity index (χ0n) is 14.5. The van der Waals surface area contributed by atoms with Crippen molar-refractivity contribution in [1.82, 2.24) is 4.90 Å². The molecule has 186 valence electrons. The van der Waals surface area contributed by atoms with Gasteiger partial charge in [0.1, 0.15) is 0 Å². The van der Waals surface area contributed by atoms with Gasteiger partial charge in [0, 0.05) is 11.6 Å². The highest BCUT2D eigenvalue weighted by Crippen LogP contribution is 2.63. The second-order valence-electron chi connectivity index (χ2n) is 6.17. The van der Waals surface area contributed by atoms with E-state index in [2.05, 4.69) is 0 Å². The fourth-order valence-electron chi connectivity index (χ4n) is 2.11. The van der Waals surface area contributed by atoms with Gasteiger partial charge < -0.3 is 0 Å². The van der Waals surface area contributed by atoms with Crippen molar-refractivity contribution in [2.45, 2.75) is 54.9 Å². The van der Waals surface area contributed by atoms with Crippen LogP contribution in [0, 0.1) is 0 Å². The van der Waals surface area contributed by atoms with Crippen molar-refractivity contribution in [2.75, 3.05) is 0 Å². The molecule has 1 aliphatic heterocycles. The molecule has 3 nitrogen and oxygen atoms in total. The standard InChI is InChI=1S/C13H5F16NO2/c1-3-2-4(31)30(5(3)32)6(14)7(15,16)8(17,18)9(19,20)10(21,22)11(23,24)12(25,26)13(27,28)29/h2,6H,1H3. The summed E-state index contributed by atoms with van der Waals surface area (Å²) in [7, 11) is 0. The van der Waals surface area contributed by atoms with Crippen LogP contribution in [0.25, 0.3) is 0 Å². The van der Waals surface area contributed by atoms with E-state index in [1.807, 2.05) is 0 Å². The molecule has 0 radical (unpaired) electrons. The third-order valence-corrected chi connectivity index (χ3v) is 4.01. The van der Waals surface area contributed by atoms with E-state index >= 15 is 0 Å². The van der Waals surface area contributed by atoms with E-state index in [9.17, 15) is 79.8 Å². The number of rotatable bonds is 7. The van der Waals surface area contributed by atoms with Crippen LogP contribution in [0.15, 0.2) is 11.6 Å². The molecule has 1 aliphatic rings. The molecule has 0 fully saturated rings. The van der Waals surface area contributed by atoms with Crippen molar-refractivity contribution in [3.05, 3.63) is 11.6 Å². The summed E-state index contributed by atoms with van der Waals surface area (Å²) >= 11 is 0. The molecule has 1 atom stereocenters. The van der Waals surface area contributed by atoms with E-state index < -0.39 is 70.3 Å². The first-order valence-corrected chi connectivity index (χ1v) is 7.28. The number of carbonyl (C=O) groups excluding carboxylic acids is 2. The van der Waals surface area contributed by atoms with Gasteiger partial charge in [0.15, 0.2) is 0 Å². The first kappa shape index (κ1) is 27.8. The van der Waals surface area contributed by atoms with Crippen molar-refractivity contribution in [1.29, 1.82) is 0 Å². The summed E-state index contributed by atoms with van der Waals surface area (Å²) in [4.78, 5) is 21.0. The highest BCUT2D eigenvalue weighted by molar-refractivity contribution is 6.16. The van der Waals surface area contributed by atoms with Crippen molar-refractivity contribution in [3.63, 3.8) is 0 Å². The van der Waals surface area contributed by atoms with Crippen LogP contribution in [0.1, 0.15) is 6.92 Å². The van der Waals surface area contributed by atoms with Gasteiger partial charge in [-0.05, 0) is 6.92 Å². The van der Waals surface area contributed by atoms with Gasteiger partial charge in [-0.2, -0.15) is 65.9 Å². The van der Waals surface area contributed by atoms with Gasteiger partial charge in [-0.15, -0.1) is 0 Å². The molecule has 19 heteroatoms. The Labute approximate surface area is 164 Å². The second kappa shape index (κ2) is 7.13. The summed E-state index contributed by atoms with van der Waals surface area (Å²) in [6.45, 7) is 0.575. The third-order valence-electron chi connectivity index (χ3n) is 4.01. The van der Waals surface area contributed by atoms with Crippen molar-refractivity contribution < 1.29 is 79.8 Å². The summed E-state index contributed by atoms with van der Waals surface area (Å²) in [5.74, 6) is -53.8. The number of imide groups is 1. The Bertz CT molecular complexity index is 826. The zero-order chi connectivity index (χ0) is 26.1. The summed E-state index contributed by atoms with van der Waals surface area (Å²) in [5.41, 5.74) is -0.967. The Morgan fingerprint density at radius 1 is 0.656 bits per heavy atom. The Morgan fingerprint density at radius 3 is 1.31 bits per heavy atom. The van der Waals surface area contributed by atoms with E-state index in [0.29, 0.717) is 6.92 Å². The number of hydrogen-bond acceptors (Lipinski definition) is 2. The first-order chi connectivity index (χ1) is 13.7. The predicted molar refractivity (Wildman–Crippen MR) is 66.2 cm³/mol. The summed E-state index contributed by atoms with van der Waals surface area (Å²) in [5, 5.41) is 0. The minimum Gasteiger partial charge on any atom is -0.269 e. The van der Waals surface area contributed by atoms with Crippen LogP contribution in [-0.4, -0.2) is 64.7 Å². The molecule has 1 rings (SSSR count). The Kier molecular flexibility index (Phi) is 6.19. The smallest absolute Gasteiger partial charge is 0.269 e. The molecule has 2 amide bonds. The lowest BCUT2D eigenvalue weighted by Gasteiger charge is -2.42. The largest absolute Gasteiger partial charge is 0.460 e. The molecule has 0 aromatic carbocycles. The minimum atomic E-state index is -8.60. The molecular formula is C13H5F16NO2. The van der Waals surface area contributed by atoms with Crippen LogP contribution >= 0.6 is 0 Å². The summed E-state index contributed by atoms with van der Waals surface area (Å²) in [6, 6.07) is 0. The average molecular weight is 511 g/mol. The van der Waals surface area contributed by atoms with Gasteiger partial charge in [-0.1, -0.05) is 0 Å². The monoisotopic (exact) mass is 511 g/mol. The van der Waals surface area contributed by atoms with E-state index in [-0.39, 0.29) is 6.08 Å². The molecule has 0 saturated carbocycles. The maximum Gasteiger partial charge on any atom is 0.460 e. The maximum atomic E-state index is 13.8. The lowest BCUT2D eigenvalue weighted by Crippen LogP contribution is -2.74. The quantitative estimate of drug-likeness (QED) is 0.275. The fraction of sp³-hybridized carbons (Fsp3) is 0.692. The third kappa shape index (κ3) is 3.29. The molecule has 32 heavy (non-hydrogen) atoms. The summed E-state index contributed by atoms with van der Waals surface area (Å²) in [6.07, 6.45) is -13.1. The van der Waals surface area contributed by atoms with E-state index in [1.165, 1.54) is 0 Å². The molecule has 1 heterocycles. The minimum absolute atomic E-state index is 0.0199. The normalized spacial score (nSPS) is 18.9. The SMILES string of the molecule is CC1=CC(=O)N(C(F)C(F)(F)C(F)(F)C(F)(F)C(F)(F)C(F)(F)C(F)(F)C(F)(F)F)C1=O. The van der Waals surface area contributed by atoms with Crippen LogP contribution in [0.2, 0.25) is 0 Å². The molecule has 0 aliphatic carbocycles. The summed E-state index contributed by atoms with van der Waals surface area (Å²) < 4.78 is 209. The first-order valence-electron chi connectivity index (χ1n) is 7.28. The van der Waals surface area contributed by atoms with Gasteiger partial charge in [0.25, 0.3) is 18.1 Å².